The summed E-state index contributed by atoms with van der Waals surface area (Å²) in [4.78, 5) is 14.8. The molecular formula is C20H24N2O3. The van der Waals surface area contributed by atoms with Crippen LogP contribution in [-0.2, 0) is 0 Å². The molecule has 0 spiro atoms. The molecule has 5 nitrogen and oxygen atoms in total. The minimum absolute atomic E-state index is 0.108. The molecule has 132 valence electrons. The van der Waals surface area contributed by atoms with Crippen LogP contribution in [0.5, 0.6) is 11.5 Å². The molecule has 25 heavy (non-hydrogen) atoms. The summed E-state index contributed by atoms with van der Waals surface area (Å²) in [5, 5.41) is 2.97. The van der Waals surface area contributed by atoms with Crippen LogP contribution >= 0.6 is 0 Å². The van der Waals surface area contributed by atoms with E-state index in [1.165, 1.54) is 11.1 Å². The van der Waals surface area contributed by atoms with Gasteiger partial charge in [-0.05, 0) is 37.5 Å². The molecule has 2 aromatic rings. The third-order valence-electron chi connectivity index (χ3n) is 4.59. The molecule has 2 aromatic carbocycles. The van der Waals surface area contributed by atoms with E-state index in [-0.39, 0.29) is 12.1 Å². The van der Waals surface area contributed by atoms with Crippen LogP contribution in [0.4, 0.5) is 10.5 Å². The van der Waals surface area contributed by atoms with Gasteiger partial charge in [-0.3, -0.25) is 0 Å². The average molecular weight is 340 g/mol. The van der Waals surface area contributed by atoms with Crippen molar-refractivity contribution in [1.82, 2.24) is 4.90 Å². The summed E-state index contributed by atoms with van der Waals surface area (Å²) in [6.45, 7) is 2.82. The Kier molecular flexibility index (Phi) is 5.12. The van der Waals surface area contributed by atoms with Gasteiger partial charge < -0.3 is 19.7 Å². The predicted molar refractivity (Wildman–Crippen MR) is 98.4 cm³/mol. The largest absolute Gasteiger partial charge is 0.497 e. The second-order valence-corrected chi connectivity index (χ2v) is 6.26. The maximum Gasteiger partial charge on any atom is 0.322 e. The number of ether oxygens (including phenoxy) is 2. The number of nitrogens with one attached hydrogen (secondary N) is 1. The van der Waals surface area contributed by atoms with Crippen LogP contribution in [0.15, 0.2) is 42.5 Å². The number of amides is 2. The maximum absolute atomic E-state index is 12.9. The molecule has 1 aliphatic rings. The Labute approximate surface area is 148 Å². The van der Waals surface area contributed by atoms with E-state index in [0.29, 0.717) is 17.2 Å². The summed E-state index contributed by atoms with van der Waals surface area (Å²) in [6.07, 6.45) is 1.98. The number of anilines is 1. The molecule has 1 atom stereocenters. The third-order valence-corrected chi connectivity index (χ3v) is 4.59. The van der Waals surface area contributed by atoms with Gasteiger partial charge in [-0.15, -0.1) is 0 Å². The molecule has 0 radical (unpaired) electrons. The van der Waals surface area contributed by atoms with Crippen LogP contribution < -0.4 is 14.8 Å². The van der Waals surface area contributed by atoms with Gasteiger partial charge in [0.05, 0.1) is 25.9 Å². The number of methoxy groups -OCH3 is 2. The van der Waals surface area contributed by atoms with Gasteiger partial charge in [-0.2, -0.15) is 0 Å². The Balaban J connectivity index is 1.81. The fourth-order valence-corrected chi connectivity index (χ4v) is 3.33. The van der Waals surface area contributed by atoms with Gasteiger partial charge in [0, 0.05) is 12.6 Å². The average Bonchev–Trinajstić information content (AvgIpc) is 3.11. The highest BCUT2D eigenvalue weighted by molar-refractivity contribution is 5.91. The number of likely N-dealkylation sites (tertiary alicyclic amines) is 1. The van der Waals surface area contributed by atoms with Crippen molar-refractivity contribution >= 4 is 11.7 Å². The SMILES string of the molecule is COc1ccc(OC)c(NC(=O)N2CCC[C@@H]2c2cccc(C)c2)c1. The molecule has 1 N–H and O–H groups in total. The zero-order valence-electron chi connectivity index (χ0n) is 14.9. The summed E-state index contributed by atoms with van der Waals surface area (Å²) < 4.78 is 10.6. The van der Waals surface area contributed by atoms with Crippen LogP contribution in [0.25, 0.3) is 0 Å². The second-order valence-electron chi connectivity index (χ2n) is 6.26. The van der Waals surface area contributed by atoms with Gasteiger partial charge in [-0.25, -0.2) is 4.79 Å². The van der Waals surface area contributed by atoms with Gasteiger partial charge in [0.2, 0.25) is 0 Å². The number of carbonyl (C=O) groups is 1. The van der Waals surface area contributed by atoms with Crippen LogP contribution in [0.3, 0.4) is 0 Å². The van der Waals surface area contributed by atoms with Gasteiger partial charge in [0.25, 0.3) is 0 Å². The highest BCUT2D eigenvalue weighted by atomic mass is 16.5. The summed E-state index contributed by atoms with van der Waals surface area (Å²) >= 11 is 0. The molecule has 0 bridgehead atoms. The topological polar surface area (TPSA) is 50.8 Å². The Morgan fingerprint density at radius 3 is 2.72 bits per heavy atom. The first-order valence-electron chi connectivity index (χ1n) is 8.48. The Hall–Kier alpha value is -2.69. The fraction of sp³-hybridized carbons (Fsp3) is 0.350. The highest BCUT2D eigenvalue weighted by Gasteiger charge is 2.30. The van der Waals surface area contributed by atoms with Crippen LogP contribution in [0.2, 0.25) is 0 Å². The molecule has 2 amide bonds. The summed E-state index contributed by atoms with van der Waals surface area (Å²) in [6, 6.07) is 13.7. The van der Waals surface area contributed by atoms with Crippen LogP contribution in [0, 0.1) is 6.92 Å². The molecule has 1 heterocycles. The van der Waals surface area contributed by atoms with Crippen LogP contribution in [-0.4, -0.2) is 31.7 Å². The van der Waals surface area contributed by atoms with E-state index in [1.54, 1.807) is 32.4 Å². The van der Waals surface area contributed by atoms with E-state index >= 15 is 0 Å². The minimum atomic E-state index is -0.115. The van der Waals surface area contributed by atoms with E-state index in [9.17, 15) is 4.79 Å². The van der Waals surface area contributed by atoms with E-state index in [4.69, 9.17) is 9.47 Å². The molecule has 1 saturated heterocycles. The van der Waals surface area contributed by atoms with Crippen molar-refractivity contribution in [2.24, 2.45) is 0 Å². The first-order valence-corrected chi connectivity index (χ1v) is 8.48. The molecule has 0 unspecified atom stereocenters. The Morgan fingerprint density at radius 1 is 1.16 bits per heavy atom. The van der Waals surface area contributed by atoms with Gasteiger partial charge in [0.1, 0.15) is 11.5 Å². The Morgan fingerprint density at radius 2 is 2.00 bits per heavy atom. The molecule has 0 aliphatic carbocycles. The molecule has 0 saturated carbocycles. The quantitative estimate of drug-likeness (QED) is 0.898. The van der Waals surface area contributed by atoms with E-state index in [2.05, 4.69) is 30.4 Å². The van der Waals surface area contributed by atoms with E-state index in [0.717, 1.165) is 19.4 Å². The number of hydrogen-bond donors (Lipinski definition) is 1. The van der Waals surface area contributed by atoms with Crippen molar-refractivity contribution in [3.05, 3.63) is 53.6 Å². The van der Waals surface area contributed by atoms with Crippen molar-refractivity contribution < 1.29 is 14.3 Å². The number of aryl methyl sites for hydroxylation is 1. The normalized spacial score (nSPS) is 16.6. The lowest BCUT2D eigenvalue weighted by Crippen LogP contribution is -2.34. The van der Waals surface area contributed by atoms with Crippen molar-refractivity contribution in [2.45, 2.75) is 25.8 Å². The first kappa shape index (κ1) is 17.1. The summed E-state index contributed by atoms with van der Waals surface area (Å²) in [7, 11) is 3.19. The third kappa shape index (κ3) is 3.71. The van der Waals surface area contributed by atoms with Crippen molar-refractivity contribution in [3.8, 4) is 11.5 Å². The van der Waals surface area contributed by atoms with Crippen molar-refractivity contribution in [3.63, 3.8) is 0 Å². The number of rotatable bonds is 4. The Bertz CT molecular complexity index is 760. The monoisotopic (exact) mass is 340 g/mol. The molecule has 1 fully saturated rings. The molecule has 0 aromatic heterocycles. The highest BCUT2D eigenvalue weighted by Crippen LogP contribution is 2.34. The van der Waals surface area contributed by atoms with Gasteiger partial charge in [-0.1, -0.05) is 29.8 Å². The number of carbonyl (C=O) groups excluding carboxylic acids is 1. The molecular weight excluding hydrogens is 316 g/mol. The lowest BCUT2D eigenvalue weighted by atomic mass is 10.0. The van der Waals surface area contributed by atoms with E-state index in [1.807, 2.05) is 11.0 Å². The minimum Gasteiger partial charge on any atom is -0.497 e. The first-order chi connectivity index (χ1) is 12.1. The fourth-order valence-electron chi connectivity index (χ4n) is 3.33. The zero-order chi connectivity index (χ0) is 17.8. The standard InChI is InChI=1S/C20H24N2O3/c1-14-6-4-7-15(12-14)18-8-5-11-22(18)20(23)21-17-13-16(24-2)9-10-19(17)25-3/h4,6-7,9-10,12-13,18H,5,8,11H2,1-3H3,(H,21,23)/t18-/m1/s1. The lowest BCUT2D eigenvalue weighted by Gasteiger charge is -2.26. The van der Waals surface area contributed by atoms with Crippen molar-refractivity contribution in [2.75, 3.05) is 26.1 Å². The van der Waals surface area contributed by atoms with E-state index < -0.39 is 0 Å². The number of urea groups is 1. The molecule has 1 aliphatic heterocycles. The van der Waals surface area contributed by atoms with Crippen molar-refractivity contribution in [1.29, 1.82) is 0 Å². The zero-order valence-corrected chi connectivity index (χ0v) is 14.9. The smallest absolute Gasteiger partial charge is 0.322 e. The number of hydrogen-bond acceptors (Lipinski definition) is 3. The summed E-state index contributed by atoms with van der Waals surface area (Å²) in [5.74, 6) is 1.29. The second kappa shape index (κ2) is 7.47. The summed E-state index contributed by atoms with van der Waals surface area (Å²) in [5.41, 5.74) is 3.01. The molecule has 5 heteroatoms. The van der Waals surface area contributed by atoms with Crippen LogP contribution in [0.1, 0.15) is 30.0 Å². The maximum atomic E-state index is 12.9. The number of nitrogens with zero attached hydrogens (tertiary/aromatic N) is 1. The predicted octanol–water partition coefficient (Wildman–Crippen LogP) is 4.38. The van der Waals surface area contributed by atoms with Gasteiger partial charge >= 0.3 is 6.03 Å². The lowest BCUT2D eigenvalue weighted by molar-refractivity contribution is 0.207. The number of benzene rings is 2. The van der Waals surface area contributed by atoms with Gasteiger partial charge in [0.15, 0.2) is 0 Å². The molecule has 3 rings (SSSR count).